The molecule has 3 rings (SSSR count). The third kappa shape index (κ3) is 4.15. The molecule has 0 bridgehead atoms. The van der Waals surface area contributed by atoms with Gasteiger partial charge in [-0.15, -0.1) is 0 Å². The quantitative estimate of drug-likeness (QED) is 0.799. The minimum Gasteiger partial charge on any atom is -0.369 e. The third-order valence-corrected chi connectivity index (χ3v) is 6.98. The molecule has 2 aliphatic rings. The number of amides is 1. The highest BCUT2D eigenvalue weighted by molar-refractivity contribution is 7.91. The molecular formula is C18H27N3O3S. The van der Waals surface area contributed by atoms with Crippen LogP contribution in [-0.2, 0) is 9.84 Å². The second kappa shape index (κ2) is 7.33. The Balaban J connectivity index is 1.69. The Morgan fingerprint density at radius 3 is 2.32 bits per heavy atom. The Morgan fingerprint density at radius 1 is 1.16 bits per heavy atom. The first-order chi connectivity index (χ1) is 11.9. The summed E-state index contributed by atoms with van der Waals surface area (Å²) in [6.07, 6.45) is 0.543. The lowest BCUT2D eigenvalue weighted by molar-refractivity contribution is 0.0708. The highest BCUT2D eigenvalue weighted by Crippen LogP contribution is 2.22. The molecule has 0 radical (unpaired) electrons. The molecule has 1 aromatic carbocycles. The Hall–Kier alpha value is -1.60. The van der Waals surface area contributed by atoms with Crippen molar-refractivity contribution in [1.82, 2.24) is 9.80 Å². The molecule has 25 heavy (non-hydrogen) atoms. The first-order valence-corrected chi connectivity index (χ1v) is 10.8. The fourth-order valence-electron chi connectivity index (χ4n) is 3.63. The molecule has 138 valence electrons. The van der Waals surface area contributed by atoms with Gasteiger partial charge in [0.05, 0.1) is 11.5 Å². The van der Waals surface area contributed by atoms with Crippen LogP contribution in [0.5, 0.6) is 0 Å². The van der Waals surface area contributed by atoms with E-state index in [2.05, 4.69) is 16.8 Å². The molecule has 0 spiro atoms. The van der Waals surface area contributed by atoms with E-state index >= 15 is 0 Å². The molecule has 0 saturated carbocycles. The summed E-state index contributed by atoms with van der Waals surface area (Å²) in [6, 6.07) is 7.53. The van der Waals surface area contributed by atoms with Gasteiger partial charge in [0.15, 0.2) is 9.84 Å². The summed E-state index contributed by atoms with van der Waals surface area (Å²) in [5.41, 5.74) is 1.76. The van der Waals surface area contributed by atoms with Gasteiger partial charge in [0.2, 0.25) is 0 Å². The fraction of sp³-hybridized carbons (Fsp3) is 0.611. The van der Waals surface area contributed by atoms with Crippen molar-refractivity contribution in [3.8, 4) is 0 Å². The molecule has 1 atom stereocenters. The maximum atomic E-state index is 12.8. The number of piperazine rings is 1. The third-order valence-electron chi connectivity index (χ3n) is 5.23. The average molecular weight is 365 g/mol. The highest BCUT2D eigenvalue weighted by atomic mass is 32.2. The van der Waals surface area contributed by atoms with Gasteiger partial charge < -0.3 is 14.7 Å². The van der Waals surface area contributed by atoms with E-state index in [0.717, 1.165) is 31.9 Å². The molecule has 2 fully saturated rings. The number of carbonyl (C=O) groups is 1. The molecular weight excluding hydrogens is 338 g/mol. The predicted octanol–water partition coefficient (Wildman–Crippen LogP) is 1.09. The molecule has 0 N–H and O–H groups in total. The smallest absolute Gasteiger partial charge is 0.254 e. The summed E-state index contributed by atoms with van der Waals surface area (Å²) in [6.45, 7) is 6.50. The van der Waals surface area contributed by atoms with Crippen molar-refractivity contribution in [2.24, 2.45) is 0 Å². The highest BCUT2D eigenvalue weighted by Gasteiger charge is 2.34. The average Bonchev–Trinajstić information content (AvgIpc) is 2.96. The summed E-state index contributed by atoms with van der Waals surface area (Å²) in [5, 5.41) is 0. The number of anilines is 1. The summed E-state index contributed by atoms with van der Waals surface area (Å²) in [4.78, 5) is 19.2. The lowest BCUT2D eigenvalue weighted by Gasteiger charge is -2.34. The second-order valence-corrected chi connectivity index (χ2v) is 9.21. The van der Waals surface area contributed by atoms with Crippen LogP contribution in [0.25, 0.3) is 0 Å². The van der Waals surface area contributed by atoms with Gasteiger partial charge in [-0.2, -0.15) is 0 Å². The van der Waals surface area contributed by atoms with E-state index in [4.69, 9.17) is 0 Å². The van der Waals surface area contributed by atoms with Crippen molar-refractivity contribution in [2.45, 2.75) is 19.4 Å². The van der Waals surface area contributed by atoms with Crippen LogP contribution in [0, 0.1) is 0 Å². The van der Waals surface area contributed by atoms with Gasteiger partial charge in [-0.05, 0) is 44.7 Å². The van der Waals surface area contributed by atoms with Gasteiger partial charge in [-0.25, -0.2) is 8.42 Å². The lowest BCUT2D eigenvalue weighted by Crippen LogP contribution is -2.44. The summed E-state index contributed by atoms with van der Waals surface area (Å²) in [7, 11) is -0.870. The maximum absolute atomic E-state index is 12.8. The van der Waals surface area contributed by atoms with E-state index in [1.165, 1.54) is 0 Å². The van der Waals surface area contributed by atoms with Crippen LogP contribution in [-0.4, -0.2) is 81.4 Å². The monoisotopic (exact) mass is 365 g/mol. The number of carbonyl (C=O) groups excluding carboxylic acids is 1. The fourth-order valence-corrected chi connectivity index (χ4v) is 5.36. The van der Waals surface area contributed by atoms with Crippen LogP contribution in [0.2, 0.25) is 0 Å². The van der Waals surface area contributed by atoms with Crippen LogP contribution in [0.15, 0.2) is 24.3 Å². The van der Waals surface area contributed by atoms with Gasteiger partial charge in [0, 0.05) is 50.0 Å². The van der Waals surface area contributed by atoms with Crippen LogP contribution >= 0.6 is 0 Å². The van der Waals surface area contributed by atoms with Gasteiger partial charge in [-0.1, -0.05) is 0 Å². The number of likely N-dealkylation sites (N-methyl/N-ethyl adjacent to an activating group) is 1. The molecule has 0 aliphatic carbocycles. The molecule has 2 heterocycles. The lowest BCUT2D eigenvalue weighted by atomic mass is 10.1. The molecule has 6 nitrogen and oxygen atoms in total. The largest absolute Gasteiger partial charge is 0.369 e. The van der Waals surface area contributed by atoms with Crippen LogP contribution < -0.4 is 4.90 Å². The number of rotatable bonds is 4. The Bertz CT molecular complexity index is 710. The molecule has 2 saturated heterocycles. The van der Waals surface area contributed by atoms with Crippen LogP contribution in [0.1, 0.15) is 23.7 Å². The molecule has 0 aromatic heterocycles. The first kappa shape index (κ1) is 18.2. The van der Waals surface area contributed by atoms with Gasteiger partial charge in [-0.3, -0.25) is 4.79 Å². The summed E-state index contributed by atoms with van der Waals surface area (Å²) < 4.78 is 23.4. The summed E-state index contributed by atoms with van der Waals surface area (Å²) in [5.74, 6) is 0.199. The number of hydrogen-bond donors (Lipinski definition) is 0. The van der Waals surface area contributed by atoms with Crippen molar-refractivity contribution >= 4 is 21.4 Å². The van der Waals surface area contributed by atoms with E-state index < -0.39 is 9.84 Å². The Labute approximate surface area is 150 Å². The van der Waals surface area contributed by atoms with E-state index in [1.54, 1.807) is 4.90 Å². The Kier molecular flexibility index (Phi) is 5.34. The van der Waals surface area contributed by atoms with Crippen LogP contribution in [0.3, 0.4) is 0 Å². The van der Waals surface area contributed by atoms with E-state index in [0.29, 0.717) is 18.5 Å². The zero-order valence-corrected chi connectivity index (χ0v) is 15.8. The summed E-state index contributed by atoms with van der Waals surface area (Å²) >= 11 is 0. The molecule has 1 amide bonds. The van der Waals surface area contributed by atoms with E-state index in [1.807, 2.05) is 31.2 Å². The molecule has 1 aromatic rings. The van der Waals surface area contributed by atoms with Gasteiger partial charge in [0.25, 0.3) is 5.91 Å². The first-order valence-electron chi connectivity index (χ1n) is 8.94. The SMILES string of the molecule is CCN(C(=O)c1ccc(N2CCN(C)CC2)cc1)[C@H]1CCS(=O)(=O)C1. The van der Waals surface area contributed by atoms with E-state index in [-0.39, 0.29) is 23.5 Å². The van der Waals surface area contributed by atoms with Crippen molar-refractivity contribution in [2.75, 3.05) is 56.2 Å². The predicted molar refractivity (Wildman–Crippen MR) is 99.9 cm³/mol. The van der Waals surface area contributed by atoms with Crippen molar-refractivity contribution < 1.29 is 13.2 Å². The minimum atomic E-state index is -3.00. The minimum absolute atomic E-state index is 0.0745. The number of nitrogens with zero attached hydrogens (tertiary/aromatic N) is 3. The molecule has 0 unspecified atom stereocenters. The topological polar surface area (TPSA) is 60.9 Å². The van der Waals surface area contributed by atoms with Crippen molar-refractivity contribution in [3.05, 3.63) is 29.8 Å². The maximum Gasteiger partial charge on any atom is 0.254 e. The van der Waals surface area contributed by atoms with Crippen molar-refractivity contribution in [3.63, 3.8) is 0 Å². The number of sulfone groups is 1. The Morgan fingerprint density at radius 2 is 1.80 bits per heavy atom. The zero-order chi connectivity index (χ0) is 18.0. The standard InChI is InChI=1S/C18H27N3O3S/c1-3-21(17-8-13-25(23,24)14-17)18(22)15-4-6-16(7-5-15)20-11-9-19(2)10-12-20/h4-7,17H,3,8-14H2,1-2H3/t17-/m0/s1. The normalized spacial score (nSPS) is 23.6. The van der Waals surface area contributed by atoms with Gasteiger partial charge in [0.1, 0.15) is 0 Å². The van der Waals surface area contributed by atoms with Gasteiger partial charge >= 0.3 is 0 Å². The van der Waals surface area contributed by atoms with Crippen LogP contribution in [0.4, 0.5) is 5.69 Å². The number of benzene rings is 1. The molecule has 2 aliphatic heterocycles. The number of hydrogen-bond acceptors (Lipinski definition) is 5. The second-order valence-electron chi connectivity index (χ2n) is 6.99. The van der Waals surface area contributed by atoms with Crippen molar-refractivity contribution in [1.29, 1.82) is 0 Å². The molecule has 7 heteroatoms. The zero-order valence-electron chi connectivity index (χ0n) is 15.0. The van der Waals surface area contributed by atoms with E-state index in [9.17, 15) is 13.2 Å².